The summed E-state index contributed by atoms with van der Waals surface area (Å²) in [7, 11) is -3.78. The van der Waals surface area contributed by atoms with Crippen molar-refractivity contribution in [3.8, 4) is 11.5 Å². The van der Waals surface area contributed by atoms with Crippen LogP contribution >= 0.6 is 0 Å². The van der Waals surface area contributed by atoms with Gasteiger partial charge in [-0.25, -0.2) is 13.2 Å². The Kier molecular flexibility index (Phi) is 7.52. The van der Waals surface area contributed by atoms with Crippen LogP contribution in [-0.4, -0.2) is 111 Å². The van der Waals surface area contributed by atoms with Crippen LogP contribution in [0.5, 0.6) is 11.5 Å². The van der Waals surface area contributed by atoms with Crippen LogP contribution in [0.4, 0.5) is 10.5 Å². The fourth-order valence-corrected chi connectivity index (χ4v) is 8.08. The van der Waals surface area contributed by atoms with Crippen molar-refractivity contribution in [3.05, 3.63) is 70.3 Å². The molecule has 7 rings (SSSR count). The van der Waals surface area contributed by atoms with Crippen molar-refractivity contribution < 1.29 is 37.3 Å². The van der Waals surface area contributed by atoms with E-state index in [4.69, 9.17) is 14.2 Å². The fraction of sp³-hybridized carbons (Fsp3) is 0.455. The molecule has 0 aliphatic carbocycles. The third-order valence-corrected chi connectivity index (χ3v) is 10.7. The summed E-state index contributed by atoms with van der Waals surface area (Å²) in [5.74, 6) is 0.525. The molecule has 0 aromatic heterocycles. The molecular weight excluding hydrogens is 612 g/mol. The van der Waals surface area contributed by atoms with E-state index < -0.39 is 27.6 Å². The number of hydrogen-bond acceptors (Lipinski definition) is 9. The van der Waals surface area contributed by atoms with Gasteiger partial charge in [-0.05, 0) is 72.9 Å². The maximum absolute atomic E-state index is 13.4. The molecule has 13 heteroatoms. The average molecular weight is 651 g/mol. The van der Waals surface area contributed by atoms with Gasteiger partial charge in [-0.15, -0.1) is 0 Å². The monoisotopic (exact) mass is 650 g/mol. The zero-order chi connectivity index (χ0) is 32.4. The van der Waals surface area contributed by atoms with Crippen molar-refractivity contribution in [2.75, 3.05) is 70.5 Å². The Bertz CT molecular complexity index is 1740. The van der Waals surface area contributed by atoms with Crippen molar-refractivity contribution in [3.63, 3.8) is 0 Å². The Morgan fingerprint density at radius 3 is 2.07 bits per heavy atom. The van der Waals surface area contributed by atoms with Gasteiger partial charge >= 0.3 is 6.09 Å². The van der Waals surface area contributed by atoms with Gasteiger partial charge in [-0.3, -0.25) is 4.79 Å². The number of amides is 2. The molecule has 0 bridgehead atoms. The van der Waals surface area contributed by atoms with Crippen molar-refractivity contribution in [1.29, 1.82) is 0 Å². The van der Waals surface area contributed by atoms with Crippen molar-refractivity contribution >= 4 is 27.7 Å². The number of nitrogens with zero attached hydrogens (tertiary/aromatic N) is 4. The molecule has 0 saturated carbocycles. The Labute approximate surface area is 268 Å². The first-order chi connectivity index (χ1) is 21.9. The van der Waals surface area contributed by atoms with Crippen LogP contribution in [0, 0.1) is 0 Å². The first-order valence-corrected chi connectivity index (χ1v) is 16.9. The molecule has 2 amide bonds. The van der Waals surface area contributed by atoms with E-state index in [-0.39, 0.29) is 37.2 Å². The normalized spacial score (nSPS) is 20.4. The fourth-order valence-electron chi connectivity index (χ4n) is 6.63. The lowest BCUT2D eigenvalue weighted by Gasteiger charge is -2.28. The first kappa shape index (κ1) is 30.6. The number of aliphatic hydroxyl groups excluding tert-OH is 1. The molecule has 1 N–H and O–H groups in total. The highest BCUT2D eigenvalue weighted by molar-refractivity contribution is 7.89. The molecule has 46 heavy (non-hydrogen) atoms. The highest BCUT2D eigenvalue weighted by atomic mass is 32.2. The second-order valence-electron chi connectivity index (χ2n) is 13.4. The second-order valence-corrected chi connectivity index (χ2v) is 15.3. The molecular formula is C33H38N4O8S. The highest BCUT2D eigenvalue weighted by Gasteiger charge is 2.40. The number of benzene rings is 2. The lowest BCUT2D eigenvalue weighted by molar-refractivity contribution is -0.139. The molecule has 0 saturated heterocycles. The SMILES string of the molecule is CC(C)(C)OC(=O)N1CC2=C(C1)CN(c1cccc([C@H](O)C(=O)N3CC4=C(C3)CN(S(=O)(=O)c3ccc5c(c3)OCCO5)C4)c1)C2. The quantitative estimate of drug-likeness (QED) is 0.486. The molecule has 0 radical (unpaired) electrons. The maximum Gasteiger partial charge on any atom is 0.410 e. The van der Waals surface area contributed by atoms with E-state index in [1.807, 2.05) is 39.0 Å². The third-order valence-electron chi connectivity index (χ3n) is 8.92. The number of ether oxygens (including phenoxy) is 3. The van der Waals surface area contributed by atoms with Gasteiger partial charge in [-0.2, -0.15) is 4.31 Å². The minimum atomic E-state index is -3.78. The van der Waals surface area contributed by atoms with E-state index in [9.17, 15) is 23.1 Å². The Morgan fingerprint density at radius 2 is 1.41 bits per heavy atom. The van der Waals surface area contributed by atoms with E-state index >= 15 is 0 Å². The molecule has 1 atom stereocenters. The number of anilines is 1. The molecule has 0 fully saturated rings. The van der Waals surface area contributed by atoms with Gasteiger partial charge in [0, 0.05) is 64.1 Å². The highest BCUT2D eigenvalue weighted by Crippen LogP contribution is 2.37. The predicted molar refractivity (Wildman–Crippen MR) is 168 cm³/mol. The van der Waals surface area contributed by atoms with E-state index in [1.54, 1.807) is 21.9 Å². The average Bonchev–Trinajstić information content (AvgIpc) is 3.79. The summed E-state index contributed by atoms with van der Waals surface area (Å²) < 4.78 is 44.8. The van der Waals surface area contributed by atoms with Gasteiger partial charge in [0.2, 0.25) is 10.0 Å². The summed E-state index contributed by atoms with van der Waals surface area (Å²) in [4.78, 5) is 31.6. The third kappa shape index (κ3) is 5.71. The molecule has 12 nitrogen and oxygen atoms in total. The summed E-state index contributed by atoms with van der Waals surface area (Å²) in [6.07, 6.45) is -1.66. The van der Waals surface area contributed by atoms with Gasteiger partial charge in [0.05, 0.1) is 4.90 Å². The molecule has 5 aliphatic heterocycles. The zero-order valence-electron chi connectivity index (χ0n) is 26.2. The smallest absolute Gasteiger partial charge is 0.410 e. The first-order valence-electron chi connectivity index (χ1n) is 15.4. The minimum absolute atomic E-state index is 0.139. The standard InChI is InChI=1S/C33H38N4O8S/c1-33(2,3)45-32(40)36-17-22-13-34(14-23(22)18-36)26-6-4-5-21(11-26)30(38)31(39)35-15-24-19-37(20-25(24)16-35)46(41,42)27-7-8-28-29(12-27)44-10-9-43-28/h4-8,11-12,30,38H,9-10,13-20H2,1-3H3/t30-/m0/s1. The summed E-state index contributed by atoms with van der Waals surface area (Å²) in [5.41, 5.74) is 4.99. The number of hydrogen-bond donors (Lipinski definition) is 1. The number of aliphatic hydroxyl groups is 1. The van der Waals surface area contributed by atoms with Gasteiger partial charge < -0.3 is 34.0 Å². The number of carbonyl (C=O) groups excluding carboxylic acids is 2. The summed E-state index contributed by atoms with van der Waals surface area (Å²) in [6.45, 7) is 9.68. The lowest BCUT2D eigenvalue weighted by Crippen LogP contribution is -2.38. The Balaban J connectivity index is 0.944. The van der Waals surface area contributed by atoms with Crippen molar-refractivity contribution in [1.82, 2.24) is 14.1 Å². The van der Waals surface area contributed by atoms with E-state index in [1.165, 1.54) is 27.6 Å². The van der Waals surface area contributed by atoms with Crippen molar-refractivity contribution in [2.45, 2.75) is 37.4 Å². The number of fused-ring (bicyclic) bond motifs is 1. The largest absolute Gasteiger partial charge is 0.486 e. The molecule has 244 valence electrons. The van der Waals surface area contributed by atoms with Gasteiger partial charge in [0.1, 0.15) is 18.8 Å². The van der Waals surface area contributed by atoms with Crippen LogP contribution < -0.4 is 14.4 Å². The molecule has 0 unspecified atom stereocenters. The summed E-state index contributed by atoms with van der Waals surface area (Å²) in [6, 6.07) is 12.0. The van der Waals surface area contributed by atoms with E-state index in [0.29, 0.717) is 56.5 Å². The molecule has 2 aromatic rings. The topological polar surface area (TPSA) is 129 Å². The molecule has 2 aromatic carbocycles. The minimum Gasteiger partial charge on any atom is -0.486 e. The Hall–Kier alpha value is -4.07. The van der Waals surface area contributed by atoms with Crippen LogP contribution in [0.15, 0.2) is 69.7 Å². The predicted octanol–water partition coefficient (Wildman–Crippen LogP) is 2.70. The zero-order valence-corrected chi connectivity index (χ0v) is 27.0. The second kappa shape index (κ2) is 11.3. The summed E-state index contributed by atoms with van der Waals surface area (Å²) in [5, 5.41) is 11.1. The van der Waals surface area contributed by atoms with E-state index in [2.05, 4.69) is 4.90 Å². The van der Waals surface area contributed by atoms with Crippen LogP contribution in [0.2, 0.25) is 0 Å². The van der Waals surface area contributed by atoms with Gasteiger partial charge in [-0.1, -0.05) is 12.1 Å². The van der Waals surface area contributed by atoms with Crippen LogP contribution in [0.1, 0.15) is 32.4 Å². The van der Waals surface area contributed by atoms with Gasteiger partial charge in [0.15, 0.2) is 17.6 Å². The van der Waals surface area contributed by atoms with Crippen molar-refractivity contribution in [2.24, 2.45) is 0 Å². The number of rotatable bonds is 5. The molecule has 5 heterocycles. The van der Waals surface area contributed by atoms with Crippen LogP contribution in [-0.2, 0) is 19.6 Å². The Morgan fingerprint density at radius 1 is 0.804 bits per heavy atom. The van der Waals surface area contributed by atoms with E-state index in [0.717, 1.165) is 16.8 Å². The number of sulfonamides is 1. The molecule has 0 spiro atoms. The molecule has 5 aliphatic rings. The lowest BCUT2D eigenvalue weighted by atomic mass is 10.1. The van der Waals surface area contributed by atoms with Crippen LogP contribution in [0.25, 0.3) is 0 Å². The van der Waals surface area contributed by atoms with Gasteiger partial charge in [0.25, 0.3) is 5.91 Å². The van der Waals surface area contributed by atoms with Crippen LogP contribution in [0.3, 0.4) is 0 Å². The summed E-state index contributed by atoms with van der Waals surface area (Å²) >= 11 is 0. The number of carbonyl (C=O) groups is 2. The maximum atomic E-state index is 13.4.